The van der Waals surface area contributed by atoms with Crippen LogP contribution < -0.4 is 9.64 Å². The summed E-state index contributed by atoms with van der Waals surface area (Å²) < 4.78 is 37.2. The first-order valence-corrected chi connectivity index (χ1v) is 9.78. The van der Waals surface area contributed by atoms with Gasteiger partial charge < -0.3 is 19.6 Å². The van der Waals surface area contributed by atoms with Gasteiger partial charge in [-0.1, -0.05) is 26.0 Å². The summed E-state index contributed by atoms with van der Waals surface area (Å²) in [6.45, 7) is 11.1. The number of carbonyl (C=O) groups excluding carboxylic acids is 1. The van der Waals surface area contributed by atoms with Crippen LogP contribution in [0.1, 0.15) is 40.5 Å². The maximum atomic E-state index is 12.4. The lowest BCUT2D eigenvalue weighted by Gasteiger charge is -2.48. The molecular weight excluding hydrogens is 401 g/mol. The summed E-state index contributed by atoms with van der Waals surface area (Å²) >= 11 is 0. The molecule has 30 heavy (non-hydrogen) atoms. The molecule has 1 N–H and O–H groups in total. The lowest BCUT2D eigenvalue weighted by atomic mass is 9.96. The number of hydrogen-bond donors (Lipinski definition) is 1. The molecule has 6 nitrogen and oxygen atoms in total. The molecule has 9 heteroatoms. The highest BCUT2D eigenvalue weighted by Gasteiger charge is 2.38. The van der Waals surface area contributed by atoms with Gasteiger partial charge in [0.2, 0.25) is 5.91 Å². The van der Waals surface area contributed by atoms with E-state index >= 15 is 0 Å². The third kappa shape index (κ3) is 7.42. The van der Waals surface area contributed by atoms with Gasteiger partial charge in [0.1, 0.15) is 5.75 Å². The predicted molar refractivity (Wildman–Crippen MR) is 109 cm³/mol. The molecule has 0 aliphatic carbocycles. The largest absolute Gasteiger partial charge is 0.495 e. The normalized spacial score (nSPS) is 16.0. The van der Waals surface area contributed by atoms with Gasteiger partial charge in [-0.25, -0.2) is 4.79 Å². The van der Waals surface area contributed by atoms with Crippen LogP contribution in [0.5, 0.6) is 5.75 Å². The smallest absolute Gasteiger partial charge is 0.490 e. The van der Waals surface area contributed by atoms with Gasteiger partial charge in [-0.15, -0.1) is 0 Å². The second-order valence-corrected chi connectivity index (χ2v) is 8.19. The molecule has 1 aliphatic heterocycles. The lowest BCUT2D eigenvalue weighted by molar-refractivity contribution is -0.192. The van der Waals surface area contributed by atoms with E-state index in [1.165, 1.54) is 0 Å². The molecule has 0 saturated carbocycles. The standard InChI is InChI=1S/C19H30N2O2.C2HF3O2/c1-15(2)10-11-18(22)20-12-13-21(19(3,4)14-20)16-8-6-7-9-17(16)23-5;3-2(4,5)1(6)7/h6-9,15H,10-14H2,1-5H3;(H,6,7). The minimum atomic E-state index is -5.08. The number of para-hydroxylation sites is 2. The quantitative estimate of drug-likeness (QED) is 0.756. The van der Waals surface area contributed by atoms with E-state index in [1.54, 1.807) is 7.11 Å². The molecule has 0 unspecified atom stereocenters. The van der Waals surface area contributed by atoms with Gasteiger partial charge in [-0.2, -0.15) is 13.2 Å². The molecule has 1 heterocycles. The van der Waals surface area contributed by atoms with Gasteiger partial charge in [0.15, 0.2) is 0 Å². The van der Waals surface area contributed by atoms with Crippen LogP contribution >= 0.6 is 0 Å². The number of amides is 1. The van der Waals surface area contributed by atoms with Gasteiger partial charge in [0.25, 0.3) is 0 Å². The van der Waals surface area contributed by atoms with Crippen molar-refractivity contribution in [2.24, 2.45) is 5.92 Å². The van der Waals surface area contributed by atoms with Crippen molar-refractivity contribution >= 4 is 17.6 Å². The zero-order valence-corrected chi connectivity index (χ0v) is 18.1. The van der Waals surface area contributed by atoms with Crippen molar-refractivity contribution in [1.29, 1.82) is 0 Å². The van der Waals surface area contributed by atoms with Crippen molar-refractivity contribution in [3.05, 3.63) is 24.3 Å². The average Bonchev–Trinajstić information content (AvgIpc) is 2.65. The van der Waals surface area contributed by atoms with Gasteiger partial charge in [0.05, 0.1) is 18.3 Å². The van der Waals surface area contributed by atoms with E-state index in [4.69, 9.17) is 14.6 Å². The molecule has 0 spiro atoms. The van der Waals surface area contributed by atoms with Crippen molar-refractivity contribution in [2.45, 2.75) is 52.3 Å². The number of halogens is 3. The minimum absolute atomic E-state index is 0.111. The first-order chi connectivity index (χ1) is 13.8. The number of alkyl halides is 3. The van der Waals surface area contributed by atoms with Gasteiger partial charge in [-0.05, 0) is 38.3 Å². The van der Waals surface area contributed by atoms with E-state index in [0.717, 1.165) is 37.5 Å². The summed E-state index contributed by atoms with van der Waals surface area (Å²) in [6, 6.07) is 8.11. The molecule has 0 aromatic heterocycles. The number of methoxy groups -OCH3 is 1. The predicted octanol–water partition coefficient (Wildman–Crippen LogP) is 4.19. The molecule has 1 saturated heterocycles. The summed E-state index contributed by atoms with van der Waals surface area (Å²) in [5.74, 6) is -1.01. The summed E-state index contributed by atoms with van der Waals surface area (Å²) in [5.41, 5.74) is 0.995. The SMILES string of the molecule is COc1ccccc1N1CCN(C(=O)CCC(C)C)CC1(C)C.O=C(O)C(F)(F)F. The molecule has 0 bridgehead atoms. The number of aliphatic carboxylic acids is 1. The Labute approximate surface area is 175 Å². The number of hydrogen-bond acceptors (Lipinski definition) is 4. The Morgan fingerprint density at radius 3 is 2.23 bits per heavy atom. The molecule has 2 rings (SSSR count). The van der Waals surface area contributed by atoms with Crippen molar-refractivity contribution in [3.8, 4) is 5.75 Å². The number of ether oxygens (including phenoxy) is 1. The molecule has 1 amide bonds. The highest BCUT2D eigenvalue weighted by molar-refractivity contribution is 5.77. The van der Waals surface area contributed by atoms with Crippen LogP contribution in [0.15, 0.2) is 24.3 Å². The molecular formula is C21H31F3N2O4. The Bertz CT molecular complexity index is 720. The van der Waals surface area contributed by atoms with Gasteiger partial charge >= 0.3 is 12.1 Å². The Kier molecular flexibility index (Phi) is 8.99. The van der Waals surface area contributed by atoms with Gasteiger partial charge in [0, 0.05) is 26.1 Å². The number of benzene rings is 1. The molecule has 1 aromatic rings. The monoisotopic (exact) mass is 432 g/mol. The van der Waals surface area contributed by atoms with Crippen LogP contribution in [0.4, 0.5) is 18.9 Å². The molecule has 170 valence electrons. The Morgan fingerprint density at radius 2 is 1.77 bits per heavy atom. The fraction of sp³-hybridized carbons (Fsp3) is 0.619. The van der Waals surface area contributed by atoms with Crippen molar-refractivity contribution in [1.82, 2.24) is 4.90 Å². The van der Waals surface area contributed by atoms with E-state index in [9.17, 15) is 18.0 Å². The number of rotatable bonds is 5. The molecule has 1 aliphatic rings. The second kappa shape index (κ2) is 10.5. The third-order valence-corrected chi connectivity index (χ3v) is 4.81. The molecule has 0 atom stereocenters. The number of carbonyl (C=O) groups is 2. The highest BCUT2D eigenvalue weighted by Crippen LogP contribution is 2.35. The zero-order valence-electron chi connectivity index (χ0n) is 18.1. The number of carboxylic acid groups (broad SMARTS) is 1. The summed E-state index contributed by atoms with van der Waals surface area (Å²) in [6.07, 6.45) is -3.46. The molecule has 0 radical (unpaired) electrons. The van der Waals surface area contributed by atoms with Crippen LogP contribution in [-0.4, -0.2) is 60.3 Å². The van der Waals surface area contributed by atoms with E-state index in [0.29, 0.717) is 12.3 Å². The average molecular weight is 432 g/mol. The van der Waals surface area contributed by atoms with Crippen LogP contribution in [0.25, 0.3) is 0 Å². The van der Waals surface area contributed by atoms with E-state index < -0.39 is 12.1 Å². The molecule has 1 aromatic carbocycles. The third-order valence-electron chi connectivity index (χ3n) is 4.81. The zero-order chi connectivity index (χ0) is 23.1. The van der Waals surface area contributed by atoms with E-state index in [1.807, 2.05) is 23.1 Å². The summed E-state index contributed by atoms with van der Waals surface area (Å²) in [5, 5.41) is 7.12. The summed E-state index contributed by atoms with van der Waals surface area (Å²) in [4.78, 5) is 25.7. The Hall–Kier alpha value is -2.45. The number of carboxylic acids is 1. The fourth-order valence-corrected chi connectivity index (χ4v) is 3.24. The maximum absolute atomic E-state index is 12.4. The first kappa shape index (κ1) is 25.6. The second-order valence-electron chi connectivity index (χ2n) is 8.19. The lowest BCUT2D eigenvalue weighted by Crippen LogP contribution is -2.60. The van der Waals surface area contributed by atoms with Crippen LogP contribution in [0, 0.1) is 5.92 Å². The Balaban J connectivity index is 0.000000553. The maximum Gasteiger partial charge on any atom is 0.490 e. The van der Waals surface area contributed by atoms with Crippen molar-refractivity contribution < 1.29 is 32.6 Å². The van der Waals surface area contributed by atoms with Gasteiger partial charge in [-0.3, -0.25) is 4.79 Å². The number of nitrogens with zero attached hydrogens (tertiary/aromatic N) is 2. The Morgan fingerprint density at radius 1 is 1.20 bits per heavy atom. The molecule has 1 fully saturated rings. The summed E-state index contributed by atoms with van der Waals surface area (Å²) in [7, 11) is 1.71. The van der Waals surface area contributed by atoms with Crippen LogP contribution in [-0.2, 0) is 9.59 Å². The fourth-order valence-electron chi connectivity index (χ4n) is 3.24. The highest BCUT2D eigenvalue weighted by atomic mass is 19.4. The van der Waals surface area contributed by atoms with E-state index in [-0.39, 0.29) is 11.4 Å². The minimum Gasteiger partial charge on any atom is -0.495 e. The van der Waals surface area contributed by atoms with E-state index in [2.05, 4.69) is 38.7 Å². The van der Waals surface area contributed by atoms with Crippen molar-refractivity contribution in [3.63, 3.8) is 0 Å². The number of anilines is 1. The first-order valence-electron chi connectivity index (χ1n) is 9.78. The van der Waals surface area contributed by atoms with Crippen molar-refractivity contribution in [2.75, 3.05) is 31.6 Å². The van der Waals surface area contributed by atoms with Crippen LogP contribution in [0.3, 0.4) is 0 Å². The number of piperazine rings is 1. The topological polar surface area (TPSA) is 70.1 Å². The van der Waals surface area contributed by atoms with Crippen LogP contribution in [0.2, 0.25) is 0 Å².